The number of nitrogens with one attached hydrogen (secondary N) is 1. The van der Waals surface area contributed by atoms with E-state index >= 15 is 0 Å². The van der Waals surface area contributed by atoms with E-state index < -0.39 is 10.0 Å². The fourth-order valence-corrected chi connectivity index (χ4v) is 2.65. The van der Waals surface area contributed by atoms with Crippen molar-refractivity contribution in [2.45, 2.75) is 18.2 Å². The third-order valence-electron chi connectivity index (χ3n) is 2.43. The van der Waals surface area contributed by atoms with Crippen LogP contribution >= 0.6 is 0 Å². The number of carbonyl (C=O) groups excluding carboxylic acids is 1. The highest BCUT2D eigenvalue weighted by atomic mass is 32.2. The second-order valence-electron chi connectivity index (χ2n) is 3.87. The standard InChI is InChI=1S/C12H17NO5S/c1-9(14)6-7-13-19(15,16)12-8-10(17-2)4-5-11(12)18-3/h4-5,8,13H,6-7H2,1-3H3. The summed E-state index contributed by atoms with van der Waals surface area (Å²) in [5, 5.41) is 0. The van der Waals surface area contributed by atoms with E-state index in [1.165, 1.54) is 33.3 Å². The highest BCUT2D eigenvalue weighted by molar-refractivity contribution is 7.89. The van der Waals surface area contributed by atoms with E-state index in [4.69, 9.17) is 9.47 Å². The number of ether oxygens (including phenoxy) is 2. The van der Waals surface area contributed by atoms with Gasteiger partial charge >= 0.3 is 0 Å². The van der Waals surface area contributed by atoms with E-state index in [9.17, 15) is 13.2 Å². The molecule has 7 heteroatoms. The molecule has 0 fully saturated rings. The van der Waals surface area contributed by atoms with E-state index in [1.54, 1.807) is 6.07 Å². The van der Waals surface area contributed by atoms with Crippen LogP contribution in [-0.2, 0) is 14.8 Å². The fourth-order valence-electron chi connectivity index (χ4n) is 1.43. The summed E-state index contributed by atoms with van der Waals surface area (Å²) in [6.45, 7) is 1.46. The van der Waals surface area contributed by atoms with Gasteiger partial charge in [-0.1, -0.05) is 0 Å². The summed E-state index contributed by atoms with van der Waals surface area (Å²) >= 11 is 0. The molecule has 0 aliphatic rings. The van der Waals surface area contributed by atoms with Crippen molar-refractivity contribution in [1.29, 1.82) is 0 Å². The topological polar surface area (TPSA) is 81.7 Å². The predicted molar refractivity (Wildman–Crippen MR) is 70.0 cm³/mol. The van der Waals surface area contributed by atoms with Crippen LogP contribution in [0.1, 0.15) is 13.3 Å². The monoisotopic (exact) mass is 287 g/mol. The number of Topliss-reactive ketones (excluding diaryl/α,β-unsaturated/α-hetero) is 1. The molecule has 1 N–H and O–H groups in total. The minimum Gasteiger partial charge on any atom is -0.497 e. The summed E-state index contributed by atoms with van der Waals surface area (Å²) < 4.78 is 36.6. The highest BCUT2D eigenvalue weighted by Crippen LogP contribution is 2.27. The van der Waals surface area contributed by atoms with Gasteiger partial charge in [-0.15, -0.1) is 0 Å². The number of rotatable bonds is 7. The van der Waals surface area contributed by atoms with Crippen LogP contribution in [0, 0.1) is 0 Å². The van der Waals surface area contributed by atoms with Crippen LogP contribution in [0.2, 0.25) is 0 Å². The molecule has 19 heavy (non-hydrogen) atoms. The number of methoxy groups -OCH3 is 2. The van der Waals surface area contributed by atoms with Crippen LogP contribution in [-0.4, -0.2) is 35.0 Å². The molecule has 0 saturated heterocycles. The Bertz CT molecular complexity index is 553. The van der Waals surface area contributed by atoms with E-state index in [0.29, 0.717) is 5.75 Å². The lowest BCUT2D eigenvalue weighted by Crippen LogP contribution is -2.26. The van der Waals surface area contributed by atoms with Gasteiger partial charge in [0.05, 0.1) is 14.2 Å². The molecule has 1 aromatic carbocycles. The van der Waals surface area contributed by atoms with E-state index in [-0.39, 0.29) is 29.4 Å². The molecule has 6 nitrogen and oxygen atoms in total. The Hall–Kier alpha value is -1.60. The molecule has 0 saturated carbocycles. The zero-order valence-corrected chi connectivity index (χ0v) is 11.9. The molecule has 0 bridgehead atoms. The molecule has 0 aliphatic carbocycles. The van der Waals surface area contributed by atoms with Crippen LogP contribution in [0.25, 0.3) is 0 Å². The number of hydrogen-bond donors (Lipinski definition) is 1. The molecule has 0 unspecified atom stereocenters. The van der Waals surface area contributed by atoms with Gasteiger partial charge in [0.25, 0.3) is 0 Å². The Morgan fingerprint density at radius 1 is 1.26 bits per heavy atom. The Morgan fingerprint density at radius 2 is 1.95 bits per heavy atom. The first-order chi connectivity index (χ1) is 8.90. The summed E-state index contributed by atoms with van der Waals surface area (Å²) in [4.78, 5) is 10.8. The summed E-state index contributed by atoms with van der Waals surface area (Å²) in [6, 6.07) is 4.49. The lowest BCUT2D eigenvalue weighted by molar-refractivity contribution is -0.116. The molecule has 106 valence electrons. The average Bonchev–Trinajstić information content (AvgIpc) is 2.37. The third kappa shape index (κ3) is 4.22. The summed E-state index contributed by atoms with van der Waals surface area (Å²) in [7, 11) is -0.907. The third-order valence-corrected chi connectivity index (χ3v) is 3.91. The molecule has 0 amide bonds. The summed E-state index contributed by atoms with van der Waals surface area (Å²) in [5.74, 6) is 0.546. The maximum atomic E-state index is 12.1. The first-order valence-electron chi connectivity index (χ1n) is 5.62. The SMILES string of the molecule is COc1ccc(OC)c(S(=O)(=O)NCCC(C)=O)c1. The number of benzene rings is 1. The lowest BCUT2D eigenvalue weighted by Gasteiger charge is -2.11. The minimum atomic E-state index is -3.74. The molecule has 0 aliphatic heterocycles. The average molecular weight is 287 g/mol. The van der Waals surface area contributed by atoms with Gasteiger partial charge in [0.1, 0.15) is 22.2 Å². The maximum Gasteiger partial charge on any atom is 0.244 e. The van der Waals surface area contributed by atoms with Crippen LogP contribution in [0.3, 0.4) is 0 Å². The van der Waals surface area contributed by atoms with Gasteiger partial charge in [0.2, 0.25) is 10.0 Å². The fraction of sp³-hybridized carbons (Fsp3) is 0.417. The lowest BCUT2D eigenvalue weighted by atomic mass is 10.3. The minimum absolute atomic E-state index is 0.0158. The maximum absolute atomic E-state index is 12.1. The van der Waals surface area contributed by atoms with Crippen molar-refractivity contribution in [3.05, 3.63) is 18.2 Å². The molecule has 0 radical (unpaired) electrons. The number of sulfonamides is 1. The van der Waals surface area contributed by atoms with E-state index in [0.717, 1.165) is 0 Å². The Kier molecular flexibility index (Phi) is 5.31. The van der Waals surface area contributed by atoms with Crippen LogP contribution < -0.4 is 14.2 Å². The molecule has 1 aromatic rings. The van der Waals surface area contributed by atoms with Crippen molar-refractivity contribution in [2.75, 3.05) is 20.8 Å². The number of hydrogen-bond acceptors (Lipinski definition) is 5. The van der Waals surface area contributed by atoms with E-state index in [1.807, 2.05) is 0 Å². The van der Waals surface area contributed by atoms with Crippen molar-refractivity contribution in [2.24, 2.45) is 0 Å². The molecule has 0 heterocycles. The predicted octanol–water partition coefficient (Wildman–Crippen LogP) is 0.961. The van der Waals surface area contributed by atoms with Crippen molar-refractivity contribution >= 4 is 15.8 Å². The smallest absolute Gasteiger partial charge is 0.244 e. The van der Waals surface area contributed by atoms with Crippen LogP contribution in [0.5, 0.6) is 11.5 Å². The van der Waals surface area contributed by atoms with Gasteiger partial charge in [-0.05, 0) is 19.1 Å². The number of ketones is 1. The first-order valence-corrected chi connectivity index (χ1v) is 7.10. The van der Waals surface area contributed by atoms with Crippen molar-refractivity contribution in [3.63, 3.8) is 0 Å². The second-order valence-corrected chi connectivity index (χ2v) is 5.60. The Morgan fingerprint density at radius 3 is 2.47 bits per heavy atom. The molecular weight excluding hydrogens is 270 g/mol. The van der Waals surface area contributed by atoms with E-state index in [2.05, 4.69) is 4.72 Å². The molecule has 0 aromatic heterocycles. The molecule has 0 atom stereocenters. The van der Waals surface area contributed by atoms with Crippen LogP contribution in [0.4, 0.5) is 0 Å². The van der Waals surface area contributed by atoms with Gasteiger partial charge < -0.3 is 9.47 Å². The normalized spacial score (nSPS) is 11.1. The molecule has 0 spiro atoms. The highest BCUT2D eigenvalue weighted by Gasteiger charge is 2.20. The van der Waals surface area contributed by atoms with Crippen LogP contribution in [0.15, 0.2) is 23.1 Å². The largest absolute Gasteiger partial charge is 0.497 e. The van der Waals surface area contributed by atoms with Crippen molar-refractivity contribution in [1.82, 2.24) is 4.72 Å². The second kappa shape index (κ2) is 6.53. The summed E-state index contributed by atoms with van der Waals surface area (Å²) in [5.41, 5.74) is 0. The van der Waals surface area contributed by atoms with Gasteiger partial charge in [0.15, 0.2) is 0 Å². The molecular formula is C12H17NO5S. The van der Waals surface area contributed by atoms with Crippen molar-refractivity contribution in [3.8, 4) is 11.5 Å². The quantitative estimate of drug-likeness (QED) is 0.808. The van der Waals surface area contributed by atoms with Crippen molar-refractivity contribution < 1.29 is 22.7 Å². The van der Waals surface area contributed by atoms with Gasteiger partial charge in [-0.3, -0.25) is 4.79 Å². The van der Waals surface area contributed by atoms with Gasteiger partial charge in [-0.2, -0.15) is 0 Å². The Labute approximate surface area is 112 Å². The number of carbonyl (C=O) groups is 1. The van der Waals surface area contributed by atoms with Gasteiger partial charge in [0, 0.05) is 19.0 Å². The van der Waals surface area contributed by atoms with Gasteiger partial charge in [-0.25, -0.2) is 13.1 Å². The zero-order valence-electron chi connectivity index (χ0n) is 11.1. The first kappa shape index (κ1) is 15.5. The Balaban J connectivity index is 3.01. The summed E-state index contributed by atoms with van der Waals surface area (Å²) in [6.07, 6.45) is 0.144. The zero-order chi connectivity index (χ0) is 14.5. The molecule has 1 rings (SSSR count).